The molecular formula is C17H23N5OS2. The molecule has 0 bridgehead atoms. The highest BCUT2D eigenvalue weighted by atomic mass is 32.2. The maximum absolute atomic E-state index is 12.2. The molecule has 1 amide bonds. The number of piperazine rings is 1. The van der Waals surface area contributed by atoms with Gasteiger partial charge < -0.3 is 15.1 Å². The third kappa shape index (κ3) is 5.17. The smallest absolute Gasteiger partial charge is 0.234 e. The summed E-state index contributed by atoms with van der Waals surface area (Å²) in [6, 6.07) is 6.05. The van der Waals surface area contributed by atoms with E-state index in [2.05, 4.69) is 38.4 Å². The van der Waals surface area contributed by atoms with Crippen LogP contribution in [0.3, 0.4) is 0 Å². The van der Waals surface area contributed by atoms with Gasteiger partial charge in [0.2, 0.25) is 11.0 Å². The lowest BCUT2D eigenvalue weighted by molar-refractivity contribution is -0.113. The molecule has 134 valence electrons. The van der Waals surface area contributed by atoms with Gasteiger partial charge in [0, 0.05) is 31.9 Å². The number of carbonyl (C=O) groups excluding carboxylic acids is 1. The second kappa shape index (κ2) is 8.16. The number of amides is 1. The first-order valence-corrected chi connectivity index (χ1v) is 10.1. The minimum absolute atomic E-state index is 0.0219. The van der Waals surface area contributed by atoms with Crippen molar-refractivity contribution in [3.05, 3.63) is 29.3 Å². The molecule has 8 heteroatoms. The van der Waals surface area contributed by atoms with Crippen LogP contribution >= 0.6 is 23.1 Å². The van der Waals surface area contributed by atoms with Crippen molar-refractivity contribution in [2.24, 2.45) is 0 Å². The maximum Gasteiger partial charge on any atom is 0.234 e. The van der Waals surface area contributed by atoms with Crippen LogP contribution < -0.4 is 10.2 Å². The predicted molar refractivity (Wildman–Crippen MR) is 105 cm³/mol. The molecule has 0 spiro atoms. The fraction of sp³-hybridized carbons (Fsp3) is 0.471. The Kier molecular flexibility index (Phi) is 5.93. The van der Waals surface area contributed by atoms with E-state index in [1.807, 2.05) is 26.0 Å². The molecule has 1 aromatic carbocycles. The molecule has 6 nitrogen and oxygen atoms in total. The van der Waals surface area contributed by atoms with E-state index < -0.39 is 0 Å². The molecule has 2 aromatic rings. The lowest BCUT2D eigenvalue weighted by Crippen LogP contribution is -2.44. The van der Waals surface area contributed by atoms with Gasteiger partial charge >= 0.3 is 0 Å². The third-order valence-corrected chi connectivity index (χ3v) is 6.12. The molecule has 25 heavy (non-hydrogen) atoms. The normalized spacial score (nSPS) is 15.4. The van der Waals surface area contributed by atoms with Gasteiger partial charge in [-0.15, -0.1) is 10.2 Å². The molecule has 0 unspecified atom stereocenters. The lowest BCUT2D eigenvalue weighted by Gasteiger charge is -2.31. The van der Waals surface area contributed by atoms with Gasteiger partial charge in [0.25, 0.3) is 0 Å². The van der Waals surface area contributed by atoms with Crippen molar-refractivity contribution < 1.29 is 4.79 Å². The average Bonchev–Trinajstić information content (AvgIpc) is 3.01. The molecule has 0 saturated carbocycles. The summed E-state index contributed by atoms with van der Waals surface area (Å²) < 4.78 is 0.838. The van der Waals surface area contributed by atoms with Gasteiger partial charge in [0.15, 0.2) is 4.34 Å². The van der Waals surface area contributed by atoms with Gasteiger partial charge in [-0.1, -0.05) is 29.2 Å². The molecule has 3 rings (SSSR count). The zero-order valence-corrected chi connectivity index (χ0v) is 16.4. The Labute approximate surface area is 156 Å². The molecule has 0 radical (unpaired) electrons. The largest absolute Gasteiger partial charge is 0.344 e. The molecule has 1 aromatic heterocycles. The van der Waals surface area contributed by atoms with Crippen molar-refractivity contribution in [1.82, 2.24) is 15.1 Å². The Morgan fingerprint density at radius 1 is 1.16 bits per heavy atom. The van der Waals surface area contributed by atoms with E-state index >= 15 is 0 Å². The Bertz CT molecular complexity index is 720. The van der Waals surface area contributed by atoms with Crippen LogP contribution in [0.15, 0.2) is 22.5 Å². The van der Waals surface area contributed by atoms with Crippen LogP contribution in [0.2, 0.25) is 0 Å². The van der Waals surface area contributed by atoms with Crippen LogP contribution in [0, 0.1) is 13.8 Å². The summed E-state index contributed by atoms with van der Waals surface area (Å²) in [7, 11) is 2.13. The number of aromatic nitrogens is 2. The summed E-state index contributed by atoms with van der Waals surface area (Å²) in [6.45, 7) is 8.09. The second-order valence-electron chi connectivity index (χ2n) is 6.35. The predicted octanol–water partition coefficient (Wildman–Crippen LogP) is 2.64. The molecule has 1 saturated heterocycles. The Morgan fingerprint density at radius 3 is 2.52 bits per heavy atom. The van der Waals surface area contributed by atoms with Crippen molar-refractivity contribution in [2.75, 3.05) is 49.2 Å². The molecular weight excluding hydrogens is 354 g/mol. The van der Waals surface area contributed by atoms with Crippen LogP contribution in [-0.2, 0) is 4.79 Å². The summed E-state index contributed by atoms with van der Waals surface area (Å²) >= 11 is 3.00. The van der Waals surface area contributed by atoms with Crippen molar-refractivity contribution >= 4 is 39.8 Å². The monoisotopic (exact) mass is 377 g/mol. The fourth-order valence-corrected chi connectivity index (χ4v) is 4.45. The number of thioether (sulfide) groups is 1. The Morgan fingerprint density at radius 2 is 1.84 bits per heavy atom. The SMILES string of the molecule is Cc1cc(C)cc(NC(=O)CSc2nnc(N3CCN(C)CC3)s2)c1. The number of likely N-dealkylation sites (N-methyl/N-ethyl adjacent to an activating group) is 1. The second-order valence-corrected chi connectivity index (χ2v) is 8.53. The van der Waals surface area contributed by atoms with Crippen LogP contribution in [0.25, 0.3) is 0 Å². The van der Waals surface area contributed by atoms with E-state index in [4.69, 9.17) is 0 Å². The minimum Gasteiger partial charge on any atom is -0.344 e. The first-order valence-electron chi connectivity index (χ1n) is 8.27. The number of rotatable bonds is 5. The number of nitrogens with zero attached hydrogens (tertiary/aromatic N) is 4. The minimum atomic E-state index is -0.0219. The van der Waals surface area contributed by atoms with Crippen molar-refractivity contribution in [2.45, 2.75) is 18.2 Å². The van der Waals surface area contributed by atoms with Crippen LogP contribution in [0.5, 0.6) is 0 Å². The lowest BCUT2D eigenvalue weighted by atomic mass is 10.1. The third-order valence-electron chi connectivity index (χ3n) is 4.00. The number of benzene rings is 1. The zero-order valence-electron chi connectivity index (χ0n) is 14.8. The number of nitrogens with one attached hydrogen (secondary N) is 1. The highest BCUT2D eigenvalue weighted by Crippen LogP contribution is 2.28. The zero-order chi connectivity index (χ0) is 17.8. The average molecular weight is 378 g/mol. The van der Waals surface area contributed by atoms with Crippen molar-refractivity contribution in [3.63, 3.8) is 0 Å². The van der Waals surface area contributed by atoms with Crippen LogP contribution in [-0.4, -0.2) is 60.0 Å². The van der Waals surface area contributed by atoms with Gasteiger partial charge in [0.1, 0.15) is 0 Å². The summed E-state index contributed by atoms with van der Waals surface area (Å²) in [6.07, 6.45) is 0. The molecule has 1 N–H and O–H groups in total. The summed E-state index contributed by atoms with van der Waals surface area (Å²) in [4.78, 5) is 16.7. The van der Waals surface area contributed by atoms with Crippen molar-refractivity contribution in [3.8, 4) is 0 Å². The van der Waals surface area contributed by atoms with E-state index in [9.17, 15) is 4.79 Å². The van der Waals surface area contributed by atoms with Crippen LogP contribution in [0.1, 0.15) is 11.1 Å². The number of aryl methyl sites for hydroxylation is 2. The van der Waals surface area contributed by atoms with E-state index in [0.717, 1.165) is 52.5 Å². The van der Waals surface area contributed by atoms with Gasteiger partial charge in [-0.3, -0.25) is 4.79 Å². The molecule has 2 heterocycles. The van der Waals surface area contributed by atoms with Crippen LogP contribution in [0.4, 0.5) is 10.8 Å². The Hall–Kier alpha value is -1.64. The number of hydrogen-bond donors (Lipinski definition) is 1. The maximum atomic E-state index is 12.2. The summed E-state index contributed by atoms with van der Waals surface area (Å²) in [5.74, 6) is 0.316. The molecule has 0 aliphatic carbocycles. The van der Waals surface area contributed by atoms with Gasteiger partial charge in [0.05, 0.1) is 5.75 Å². The summed E-state index contributed by atoms with van der Waals surface area (Å²) in [5.41, 5.74) is 3.13. The molecule has 1 aliphatic heterocycles. The van der Waals surface area contributed by atoms with Gasteiger partial charge in [-0.05, 0) is 44.2 Å². The van der Waals surface area contributed by atoms with E-state index in [0.29, 0.717) is 5.75 Å². The quantitative estimate of drug-likeness (QED) is 0.809. The van der Waals surface area contributed by atoms with E-state index in [1.165, 1.54) is 11.8 Å². The topological polar surface area (TPSA) is 61.4 Å². The number of anilines is 2. The standard InChI is InChI=1S/C17H23N5OS2/c1-12-8-13(2)10-14(9-12)18-15(23)11-24-17-20-19-16(25-17)22-6-4-21(3)5-7-22/h8-10H,4-7,11H2,1-3H3,(H,18,23). The van der Waals surface area contributed by atoms with E-state index in [1.54, 1.807) is 11.3 Å². The highest BCUT2D eigenvalue weighted by molar-refractivity contribution is 8.01. The fourth-order valence-electron chi connectivity index (χ4n) is 2.76. The highest BCUT2D eigenvalue weighted by Gasteiger charge is 2.18. The number of hydrogen-bond acceptors (Lipinski definition) is 7. The molecule has 1 aliphatic rings. The summed E-state index contributed by atoms with van der Waals surface area (Å²) in [5, 5.41) is 12.4. The van der Waals surface area contributed by atoms with E-state index in [-0.39, 0.29) is 5.91 Å². The first kappa shape index (κ1) is 18.2. The Balaban J connectivity index is 1.51. The van der Waals surface area contributed by atoms with Crippen molar-refractivity contribution in [1.29, 1.82) is 0 Å². The first-order chi connectivity index (χ1) is 12.0. The molecule has 0 atom stereocenters. The van der Waals surface area contributed by atoms with Gasteiger partial charge in [-0.2, -0.15) is 0 Å². The molecule has 1 fully saturated rings. The number of carbonyl (C=O) groups is 1. The van der Waals surface area contributed by atoms with Gasteiger partial charge in [-0.25, -0.2) is 0 Å².